The maximum atomic E-state index is 9.56. The number of fused-ring (bicyclic) bond motifs is 1. The molecule has 1 saturated heterocycles. The van der Waals surface area contributed by atoms with Crippen molar-refractivity contribution in [2.24, 2.45) is 0 Å². The largest absolute Gasteiger partial charge is 0.508 e. The summed E-state index contributed by atoms with van der Waals surface area (Å²) in [5.41, 5.74) is 2.42. The molecule has 0 spiro atoms. The third-order valence-electron chi connectivity index (χ3n) is 3.88. The summed E-state index contributed by atoms with van der Waals surface area (Å²) < 4.78 is 0. The highest BCUT2D eigenvalue weighted by Crippen LogP contribution is 2.26. The first-order chi connectivity index (χ1) is 8.24. The number of H-pyrrole nitrogens is 1. The average molecular weight is 230 g/mol. The molecule has 1 aromatic carbocycles. The van der Waals surface area contributed by atoms with Crippen molar-refractivity contribution in [3.63, 3.8) is 0 Å². The molecule has 1 atom stereocenters. The molecule has 1 aromatic heterocycles. The van der Waals surface area contributed by atoms with E-state index in [2.05, 4.69) is 23.1 Å². The van der Waals surface area contributed by atoms with Crippen molar-refractivity contribution in [1.29, 1.82) is 0 Å². The van der Waals surface area contributed by atoms with Gasteiger partial charge in [0.15, 0.2) is 0 Å². The molecule has 0 bridgehead atoms. The van der Waals surface area contributed by atoms with Crippen molar-refractivity contribution in [3.8, 4) is 5.75 Å². The normalized spacial score (nSPS) is 21.4. The third kappa shape index (κ3) is 1.91. The molecule has 3 nitrogen and oxygen atoms in total. The molecule has 2 N–H and O–H groups in total. The monoisotopic (exact) mass is 230 g/mol. The van der Waals surface area contributed by atoms with E-state index in [4.69, 9.17) is 0 Å². The van der Waals surface area contributed by atoms with Gasteiger partial charge in [-0.2, -0.15) is 0 Å². The smallest absolute Gasteiger partial charge is 0.116 e. The molecule has 0 amide bonds. The number of phenolic OH excluding ortho intramolecular Hbond substituents is 1. The maximum absolute atomic E-state index is 9.56. The van der Waals surface area contributed by atoms with Crippen LogP contribution in [0.5, 0.6) is 5.75 Å². The van der Waals surface area contributed by atoms with Crippen molar-refractivity contribution in [1.82, 2.24) is 9.88 Å². The number of rotatable bonds is 2. The zero-order valence-electron chi connectivity index (χ0n) is 10.1. The van der Waals surface area contributed by atoms with E-state index in [1.54, 1.807) is 6.07 Å². The van der Waals surface area contributed by atoms with Gasteiger partial charge >= 0.3 is 0 Å². The van der Waals surface area contributed by atoms with Crippen LogP contribution in [0.2, 0.25) is 0 Å². The van der Waals surface area contributed by atoms with Crippen molar-refractivity contribution in [3.05, 3.63) is 30.0 Å². The van der Waals surface area contributed by atoms with E-state index >= 15 is 0 Å². The molecular formula is C14H18N2O. The third-order valence-corrected chi connectivity index (χ3v) is 3.88. The minimum absolute atomic E-state index is 0.345. The number of hydrogen-bond donors (Lipinski definition) is 2. The Balaban J connectivity index is 1.92. The zero-order chi connectivity index (χ0) is 11.8. The lowest BCUT2D eigenvalue weighted by Crippen LogP contribution is -2.26. The molecule has 0 radical (unpaired) electrons. The number of nitrogens with zero attached hydrogens (tertiary/aromatic N) is 1. The van der Waals surface area contributed by atoms with E-state index in [-0.39, 0.29) is 0 Å². The Morgan fingerprint density at radius 3 is 3.12 bits per heavy atom. The summed E-state index contributed by atoms with van der Waals surface area (Å²) in [7, 11) is 2.20. The van der Waals surface area contributed by atoms with Crippen LogP contribution in [0.4, 0.5) is 0 Å². The van der Waals surface area contributed by atoms with E-state index in [1.807, 2.05) is 12.1 Å². The molecule has 2 heterocycles. The topological polar surface area (TPSA) is 39.3 Å². The van der Waals surface area contributed by atoms with Crippen molar-refractivity contribution in [2.45, 2.75) is 25.3 Å². The second kappa shape index (κ2) is 4.08. The Bertz CT molecular complexity index is 532. The van der Waals surface area contributed by atoms with Crippen molar-refractivity contribution in [2.75, 3.05) is 13.6 Å². The van der Waals surface area contributed by atoms with Gasteiger partial charge < -0.3 is 15.0 Å². The van der Waals surface area contributed by atoms with Gasteiger partial charge in [0.25, 0.3) is 0 Å². The minimum atomic E-state index is 0.345. The number of aromatic amines is 1. The first kappa shape index (κ1) is 10.7. The lowest BCUT2D eigenvalue weighted by atomic mass is 10.0. The van der Waals surface area contributed by atoms with E-state index in [9.17, 15) is 5.11 Å². The standard InChI is InChI=1S/C14H18N2O/c1-16-6-2-3-11(16)7-10-9-15-14-5-4-12(17)8-13(10)14/h4-5,8-9,11,15,17H,2-3,6-7H2,1H3. The van der Waals surface area contributed by atoms with Gasteiger partial charge in [0, 0.05) is 23.1 Å². The summed E-state index contributed by atoms with van der Waals surface area (Å²) in [5, 5.41) is 10.7. The summed E-state index contributed by atoms with van der Waals surface area (Å²) in [6, 6.07) is 6.17. The number of benzene rings is 1. The zero-order valence-corrected chi connectivity index (χ0v) is 10.1. The molecule has 3 heteroatoms. The molecule has 17 heavy (non-hydrogen) atoms. The van der Waals surface area contributed by atoms with Crippen LogP contribution in [0.1, 0.15) is 18.4 Å². The van der Waals surface area contributed by atoms with Gasteiger partial charge in [-0.05, 0) is 56.6 Å². The second-order valence-corrected chi connectivity index (χ2v) is 5.02. The first-order valence-corrected chi connectivity index (χ1v) is 6.23. The van der Waals surface area contributed by atoms with Crippen LogP contribution in [-0.2, 0) is 6.42 Å². The molecule has 0 saturated carbocycles. The molecular weight excluding hydrogens is 212 g/mol. The Morgan fingerprint density at radius 1 is 1.47 bits per heavy atom. The van der Waals surface area contributed by atoms with E-state index in [0.29, 0.717) is 11.8 Å². The summed E-state index contributed by atoms with van der Waals surface area (Å²) in [5.74, 6) is 0.345. The fourth-order valence-corrected chi connectivity index (χ4v) is 2.83. The highest BCUT2D eigenvalue weighted by molar-refractivity contribution is 5.84. The molecule has 1 unspecified atom stereocenters. The summed E-state index contributed by atoms with van der Waals surface area (Å²) in [6.45, 7) is 1.21. The number of aromatic nitrogens is 1. The number of aromatic hydroxyl groups is 1. The molecule has 1 aliphatic heterocycles. The number of phenols is 1. The highest BCUT2D eigenvalue weighted by atomic mass is 16.3. The molecule has 3 rings (SSSR count). The molecule has 1 fully saturated rings. The second-order valence-electron chi connectivity index (χ2n) is 5.02. The SMILES string of the molecule is CN1CCCC1Cc1c[nH]c2ccc(O)cc12. The Kier molecular flexibility index (Phi) is 2.56. The molecule has 90 valence electrons. The van der Waals surface area contributed by atoms with E-state index in [0.717, 1.165) is 17.3 Å². The lowest BCUT2D eigenvalue weighted by molar-refractivity contribution is 0.310. The minimum Gasteiger partial charge on any atom is -0.508 e. The lowest BCUT2D eigenvalue weighted by Gasteiger charge is -2.18. The molecule has 2 aromatic rings. The van der Waals surface area contributed by atoms with Gasteiger partial charge in [0.1, 0.15) is 5.75 Å². The number of nitrogens with one attached hydrogen (secondary N) is 1. The molecule has 0 aliphatic carbocycles. The Morgan fingerprint density at radius 2 is 2.35 bits per heavy atom. The van der Waals surface area contributed by atoms with Crippen LogP contribution in [0.25, 0.3) is 10.9 Å². The van der Waals surface area contributed by atoms with Gasteiger partial charge in [0.2, 0.25) is 0 Å². The first-order valence-electron chi connectivity index (χ1n) is 6.23. The number of likely N-dealkylation sites (N-methyl/N-ethyl adjacent to an activating group) is 1. The number of hydrogen-bond acceptors (Lipinski definition) is 2. The molecule has 1 aliphatic rings. The van der Waals surface area contributed by atoms with Crippen molar-refractivity contribution >= 4 is 10.9 Å². The average Bonchev–Trinajstić information content (AvgIpc) is 2.88. The maximum Gasteiger partial charge on any atom is 0.116 e. The van der Waals surface area contributed by atoms with Crippen LogP contribution in [0, 0.1) is 0 Å². The van der Waals surface area contributed by atoms with E-state index in [1.165, 1.54) is 24.9 Å². The highest BCUT2D eigenvalue weighted by Gasteiger charge is 2.22. The fraction of sp³-hybridized carbons (Fsp3) is 0.429. The Hall–Kier alpha value is -1.48. The summed E-state index contributed by atoms with van der Waals surface area (Å²) in [4.78, 5) is 5.71. The van der Waals surface area contributed by atoms with Gasteiger partial charge in [-0.15, -0.1) is 0 Å². The summed E-state index contributed by atoms with van der Waals surface area (Å²) in [6.07, 6.45) is 5.73. The van der Waals surface area contributed by atoms with Gasteiger partial charge in [0.05, 0.1) is 0 Å². The van der Waals surface area contributed by atoms with Crippen molar-refractivity contribution < 1.29 is 5.11 Å². The van der Waals surface area contributed by atoms with Gasteiger partial charge in [-0.1, -0.05) is 0 Å². The van der Waals surface area contributed by atoms with Crippen LogP contribution < -0.4 is 0 Å². The number of likely N-dealkylation sites (tertiary alicyclic amines) is 1. The van der Waals surface area contributed by atoms with Crippen LogP contribution >= 0.6 is 0 Å². The van der Waals surface area contributed by atoms with Crippen LogP contribution in [0.15, 0.2) is 24.4 Å². The summed E-state index contributed by atoms with van der Waals surface area (Å²) >= 11 is 0. The van der Waals surface area contributed by atoms with Gasteiger partial charge in [-0.25, -0.2) is 0 Å². The van der Waals surface area contributed by atoms with E-state index < -0.39 is 0 Å². The quantitative estimate of drug-likeness (QED) is 0.832. The van der Waals surface area contributed by atoms with Crippen LogP contribution in [-0.4, -0.2) is 34.6 Å². The fourth-order valence-electron chi connectivity index (χ4n) is 2.83. The predicted octanol–water partition coefficient (Wildman–Crippen LogP) is 2.51. The van der Waals surface area contributed by atoms with Gasteiger partial charge in [-0.3, -0.25) is 0 Å². The van der Waals surface area contributed by atoms with Crippen LogP contribution in [0.3, 0.4) is 0 Å². The predicted molar refractivity (Wildman–Crippen MR) is 69.3 cm³/mol. The Labute approximate surface area is 101 Å².